The zero-order valence-electron chi connectivity index (χ0n) is 13.1. The molecule has 4 atom stereocenters. The predicted molar refractivity (Wildman–Crippen MR) is 80.7 cm³/mol. The number of nitrogens with two attached hydrogens (primary N) is 1. The van der Waals surface area contributed by atoms with Gasteiger partial charge < -0.3 is 15.8 Å². The van der Waals surface area contributed by atoms with Crippen LogP contribution < -0.4 is 11.1 Å². The first-order valence-electron chi connectivity index (χ1n) is 8.82. The van der Waals surface area contributed by atoms with Gasteiger partial charge in [0.2, 0.25) is 5.91 Å². The third-order valence-electron chi connectivity index (χ3n) is 6.55. The summed E-state index contributed by atoms with van der Waals surface area (Å²) in [7, 11) is 0. The van der Waals surface area contributed by atoms with E-state index < -0.39 is 5.41 Å². The van der Waals surface area contributed by atoms with E-state index in [0.29, 0.717) is 17.8 Å². The van der Waals surface area contributed by atoms with Gasteiger partial charge in [0.05, 0.1) is 5.41 Å². The molecule has 5 nitrogen and oxygen atoms in total. The second kappa shape index (κ2) is 5.22. The maximum absolute atomic E-state index is 12.5. The van der Waals surface area contributed by atoms with Crippen molar-refractivity contribution in [2.24, 2.45) is 28.9 Å². The Balaban J connectivity index is 1.54. The zero-order chi connectivity index (χ0) is 15.3. The molecule has 0 aromatic heterocycles. The Hall–Kier alpha value is -1.10. The Bertz CT molecular complexity index is 472. The van der Waals surface area contributed by atoms with E-state index in [1.54, 1.807) is 0 Å². The first-order chi connectivity index (χ1) is 10.6. The van der Waals surface area contributed by atoms with Crippen LogP contribution in [0.3, 0.4) is 0 Å². The van der Waals surface area contributed by atoms with Crippen molar-refractivity contribution >= 4 is 11.9 Å². The summed E-state index contributed by atoms with van der Waals surface area (Å²) in [6, 6.07) is -0.198. The lowest BCUT2D eigenvalue weighted by Gasteiger charge is -2.58. The molecule has 4 bridgehead atoms. The first kappa shape index (κ1) is 14.5. The van der Waals surface area contributed by atoms with Gasteiger partial charge in [-0.3, -0.25) is 9.59 Å². The van der Waals surface area contributed by atoms with Crippen LogP contribution in [0.4, 0.5) is 0 Å². The molecule has 4 aliphatic carbocycles. The predicted octanol–water partition coefficient (Wildman–Crippen LogP) is 1.35. The molecule has 122 valence electrons. The molecule has 0 spiro atoms. The Kier molecular flexibility index (Phi) is 3.44. The fourth-order valence-electron chi connectivity index (χ4n) is 5.80. The second-order valence-electron chi connectivity index (χ2n) is 7.99. The molecule has 4 unspecified atom stereocenters. The van der Waals surface area contributed by atoms with E-state index in [2.05, 4.69) is 5.32 Å². The third-order valence-corrected chi connectivity index (χ3v) is 6.55. The van der Waals surface area contributed by atoms with Gasteiger partial charge in [-0.2, -0.15) is 0 Å². The van der Waals surface area contributed by atoms with Gasteiger partial charge in [-0.15, -0.1) is 0 Å². The van der Waals surface area contributed by atoms with Crippen LogP contribution in [-0.4, -0.2) is 30.6 Å². The fraction of sp³-hybridized carbons (Fsp3) is 0.882. The Morgan fingerprint density at radius 2 is 1.82 bits per heavy atom. The lowest BCUT2D eigenvalue weighted by molar-refractivity contribution is -0.197. The summed E-state index contributed by atoms with van der Waals surface area (Å²) in [5, 5.41) is 3.24. The molecule has 5 heteroatoms. The van der Waals surface area contributed by atoms with Gasteiger partial charge in [-0.1, -0.05) is 6.42 Å². The molecule has 22 heavy (non-hydrogen) atoms. The molecule has 5 rings (SSSR count). The van der Waals surface area contributed by atoms with Crippen LogP contribution in [0.2, 0.25) is 0 Å². The largest absolute Gasteiger partial charge is 0.460 e. The maximum atomic E-state index is 12.5. The van der Waals surface area contributed by atoms with Gasteiger partial charge in [0, 0.05) is 0 Å². The van der Waals surface area contributed by atoms with E-state index >= 15 is 0 Å². The topological polar surface area (TPSA) is 81.4 Å². The summed E-state index contributed by atoms with van der Waals surface area (Å²) in [6.07, 6.45) is 7.81. The molecule has 0 aromatic rings. The smallest absolute Gasteiger partial charge is 0.323 e. The number of piperidine rings is 1. The molecule has 1 heterocycles. The number of rotatable bonds is 3. The Morgan fingerprint density at radius 3 is 2.41 bits per heavy atom. The number of hydrogen-bond acceptors (Lipinski definition) is 4. The molecule has 5 aliphatic rings. The van der Waals surface area contributed by atoms with Crippen LogP contribution >= 0.6 is 0 Å². The fourth-order valence-corrected chi connectivity index (χ4v) is 5.80. The minimum Gasteiger partial charge on any atom is -0.460 e. The summed E-state index contributed by atoms with van der Waals surface area (Å²) >= 11 is 0. The standard InChI is InChI=1S/C17H26N2O3/c18-16(21)17-8-10-5-11(9-17)7-12(6-10)14(17)22-15(20)13-3-1-2-4-19-13/h10-14,19H,1-9H2,(H2,18,21). The number of primary amides is 1. The molecule has 4 saturated carbocycles. The van der Waals surface area contributed by atoms with Crippen LogP contribution in [-0.2, 0) is 14.3 Å². The Labute approximate surface area is 131 Å². The van der Waals surface area contributed by atoms with E-state index in [1.165, 1.54) is 6.42 Å². The van der Waals surface area contributed by atoms with Gasteiger partial charge in [0.1, 0.15) is 12.1 Å². The minimum absolute atomic E-state index is 0.169. The van der Waals surface area contributed by atoms with Gasteiger partial charge >= 0.3 is 5.97 Å². The van der Waals surface area contributed by atoms with Gasteiger partial charge in [0.15, 0.2) is 0 Å². The summed E-state index contributed by atoms with van der Waals surface area (Å²) in [6.45, 7) is 0.874. The van der Waals surface area contributed by atoms with E-state index in [0.717, 1.165) is 51.5 Å². The highest BCUT2D eigenvalue weighted by Gasteiger charge is 2.61. The van der Waals surface area contributed by atoms with Gasteiger partial charge in [-0.25, -0.2) is 0 Å². The monoisotopic (exact) mass is 306 g/mol. The molecule has 0 aromatic carbocycles. The molecular weight excluding hydrogens is 280 g/mol. The highest BCUT2D eigenvalue weighted by molar-refractivity contribution is 5.83. The van der Waals surface area contributed by atoms with Crippen LogP contribution in [0, 0.1) is 23.2 Å². The molecule has 1 amide bonds. The van der Waals surface area contributed by atoms with Gasteiger partial charge in [0.25, 0.3) is 0 Å². The number of hydrogen-bond donors (Lipinski definition) is 2. The zero-order valence-corrected chi connectivity index (χ0v) is 13.1. The highest BCUT2D eigenvalue weighted by atomic mass is 16.5. The third kappa shape index (κ3) is 2.16. The van der Waals surface area contributed by atoms with Crippen LogP contribution in [0.5, 0.6) is 0 Å². The minimum atomic E-state index is -0.584. The number of amides is 1. The molecule has 1 aliphatic heterocycles. The van der Waals surface area contributed by atoms with Gasteiger partial charge in [-0.05, 0) is 69.2 Å². The second-order valence-corrected chi connectivity index (χ2v) is 7.99. The van der Waals surface area contributed by atoms with Crippen LogP contribution in [0.1, 0.15) is 51.4 Å². The number of carbonyl (C=O) groups is 2. The molecule has 0 radical (unpaired) electrons. The van der Waals surface area contributed by atoms with Crippen molar-refractivity contribution in [3.05, 3.63) is 0 Å². The van der Waals surface area contributed by atoms with Crippen molar-refractivity contribution in [3.8, 4) is 0 Å². The van der Waals surface area contributed by atoms with Crippen LogP contribution in [0.25, 0.3) is 0 Å². The van der Waals surface area contributed by atoms with E-state index in [9.17, 15) is 9.59 Å². The average molecular weight is 306 g/mol. The number of esters is 1. The van der Waals surface area contributed by atoms with Crippen LogP contribution in [0.15, 0.2) is 0 Å². The lowest BCUT2D eigenvalue weighted by Crippen LogP contribution is -2.63. The summed E-state index contributed by atoms with van der Waals surface area (Å²) < 4.78 is 5.93. The van der Waals surface area contributed by atoms with E-state index in [4.69, 9.17) is 10.5 Å². The molecule has 3 N–H and O–H groups in total. The lowest BCUT2D eigenvalue weighted by atomic mass is 9.48. The number of carbonyl (C=O) groups excluding carboxylic acids is 2. The van der Waals surface area contributed by atoms with Crippen molar-refractivity contribution in [2.75, 3.05) is 6.54 Å². The molecule has 1 saturated heterocycles. The summed E-state index contributed by atoms with van der Waals surface area (Å²) in [4.78, 5) is 24.8. The normalized spacial score (nSPS) is 46.5. The molecular formula is C17H26N2O3. The number of nitrogens with one attached hydrogen (secondary N) is 1. The average Bonchev–Trinajstić information content (AvgIpc) is 2.50. The first-order valence-corrected chi connectivity index (χ1v) is 8.82. The van der Waals surface area contributed by atoms with Crippen molar-refractivity contribution in [2.45, 2.75) is 63.5 Å². The summed E-state index contributed by atoms with van der Waals surface area (Å²) in [5.74, 6) is 1.13. The SMILES string of the molecule is NC(=O)C12CC3CC(CC(C3)C1OC(=O)C1CCCCN1)C2. The van der Waals surface area contributed by atoms with E-state index in [1.807, 2.05) is 0 Å². The van der Waals surface area contributed by atoms with Crippen molar-refractivity contribution in [3.63, 3.8) is 0 Å². The van der Waals surface area contributed by atoms with E-state index in [-0.39, 0.29) is 24.0 Å². The molecule has 5 fully saturated rings. The Morgan fingerprint density at radius 1 is 1.09 bits per heavy atom. The van der Waals surface area contributed by atoms with Crippen molar-refractivity contribution in [1.82, 2.24) is 5.32 Å². The number of ether oxygens (including phenoxy) is 1. The van der Waals surface area contributed by atoms with Crippen molar-refractivity contribution < 1.29 is 14.3 Å². The highest BCUT2D eigenvalue weighted by Crippen LogP contribution is 2.60. The quantitative estimate of drug-likeness (QED) is 0.771. The maximum Gasteiger partial charge on any atom is 0.323 e. The van der Waals surface area contributed by atoms with Crippen molar-refractivity contribution in [1.29, 1.82) is 0 Å². The summed E-state index contributed by atoms with van der Waals surface area (Å²) in [5.41, 5.74) is 5.21.